The van der Waals surface area contributed by atoms with Crippen molar-refractivity contribution >= 4 is 23.6 Å². The highest BCUT2D eigenvalue weighted by molar-refractivity contribution is 5.94. The molecular formula is C14H12N2O2. The van der Waals surface area contributed by atoms with Gasteiger partial charge >= 0.3 is 5.97 Å². The van der Waals surface area contributed by atoms with Gasteiger partial charge in [0.05, 0.1) is 5.56 Å². The van der Waals surface area contributed by atoms with Crippen LogP contribution < -0.4 is 5.32 Å². The number of carbonyl (C=O) groups is 1. The van der Waals surface area contributed by atoms with Crippen LogP contribution in [0.5, 0.6) is 0 Å². The maximum absolute atomic E-state index is 10.8. The Morgan fingerprint density at radius 1 is 1.17 bits per heavy atom. The first kappa shape index (κ1) is 11.9. The minimum atomic E-state index is -0.996. The van der Waals surface area contributed by atoms with Gasteiger partial charge in [0.1, 0.15) is 0 Å². The summed E-state index contributed by atoms with van der Waals surface area (Å²) in [7, 11) is 0. The van der Waals surface area contributed by atoms with Gasteiger partial charge in [0, 0.05) is 23.2 Å². The molecule has 0 spiro atoms. The first-order valence-corrected chi connectivity index (χ1v) is 5.40. The van der Waals surface area contributed by atoms with Crippen molar-refractivity contribution in [3.05, 3.63) is 59.7 Å². The highest BCUT2D eigenvalue weighted by Gasteiger charge is 2.07. The standard InChI is InChI=1S/C14H12N2O2/c15-9-11-8-10(14(17)18)6-7-13(11)16-12-4-2-1-3-5-12/h1-9,15-16H,(H,17,18). The van der Waals surface area contributed by atoms with Crippen molar-refractivity contribution in [2.24, 2.45) is 0 Å². The summed E-state index contributed by atoms with van der Waals surface area (Å²) in [5.41, 5.74) is 2.32. The molecule has 90 valence electrons. The number of carboxylic acid groups (broad SMARTS) is 1. The number of aromatic carboxylic acids is 1. The van der Waals surface area contributed by atoms with Crippen molar-refractivity contribution in [1.82, 2.24) is 0 Å². The highest BCUT2D eigenvalue weighted by atomic mass is 16.4. The fraction of sp³-hybridized carbons (Fsp3) is 0. The third-order valence-corrected chi connectivity index (χ3v) is 2.51. The predicted octanol–water partition coefficient (Wildman–Crippen LogP) is 3.13. The van der Waals surface area contributed by atoms with E-state index in [1.165, 1.54) is 12.1 Å². The highest BCUT2D eigenvalue weighted by Crippen LogP contribution is 2.20. The summed E-state index contributed by atoms with van der Waals surface area (Å²) in [4.78, 5) is 10.8. The SMILES string of the molecule is N=Cc1cc(C(=O)O)ccc1Nc1ccccc1. The van der Waals surface area contributed by atoms with Crippen LogP contribution in [-0.2, 0) is 0 Å². The molecule has 0 radical (unpaired) electrons. The molecule has 4 heteroatoms. The zero-order chi connectivity index (χ0) is 13.0. The summed E-state index contributed by atoms with van der Waals surface area (Å²) in [5, 5.41) is 19.4. The van der Waals surface area contributed by atoms with Gasteiger partial charge in [-0.1, -0.05) is 18.2 Å². The van der Waals surface area contributed by atoms with Crippen molar-refractivity contribution in [2.75, 3.05) is 5.32 Å². The molecule has 3 N–H and O–H groups in total. The zero-order valence-corrected chi connectivity index (χ0v) is 9.55. The van der Waals surface area contributed by atoms with Gasteiger partial charge in [0.15, 0.2) is 0 Å². The van der Waals surface area contributed by atoms with E-state index in [0.29, 0.717) is 11.3 Å². The minimum absolute atomic E-state index is 0.173. The van der Waals surface area contributed by atoms with Crippen LogP contribution in [0.15, 0.2) is 48.5 Å². The Morgan fingerprint density at radius 3 is 2.50 bits per heavy atom. The first-order chi connectivity index (χ1) is 8.70. The Kier molecular flexibility index (Phi) is 3.38. The molecule has 0 saturated heterocycles. The molecule has 0 aromatic heterocycles. The van der Waals surface area contributed by atoms with E-state index in [1.807, 2.05) is 30.3 Å². The maximum atomic E-state index is 10.8. The Morgan fingerprint density at radius 2 is 1.89 bits per heavy atom. The van der Waals surface area contributed by atoms with Gasteiger partial charge in [0.2, 0.25) is 0 Å². The van der Waals surface area contributed by atoms with Crippen molar-refractivity contribution in [3.63, 3.8) is 0 Å². The summed E-state index contributed by atoms with van der Waals surface area (Å²) in [6.45, 7) is 0. The van der Waals surface area contributed by atoms with E-state index in [4.69, 9.17) is 10.5 Å². The lowest BCUT2D eigenvalue weighted by Crippen LogP contribution is -2.00. The van der Waals surface area contributed by atoms with E-state index in [0.717, 1.165) is 11.9 Å². The van der Waals surface area contributed by atoms with Gasteiger partial charge in [-0.3, -0.25) is 0 Å². The number of hydrogen-bond donors (Lipinski definition) is 3. The van der Waals surface area contributed by atoms with Gasteiger partial charge < -0.3 is 15.8 Å². The summed E-state index contributed by atoms with van der Waals surface area (Å²) in [6.07, 6.45) is 1.14. The molecule has 0 heterocycles. The topological polar surface area (TPSA) is 73.2 Å². The van der Waals surface area contributed by atoms with Crippen LogP contribution in [0, 0.1) is 5.41 Å². The van der Waals surface area contributed by atoms with Crippen LogP contribution in [0.4, 0.5) is 11.4 Å². The third kappa shape index (κ3) is 2.55. The van der Waals surface area contributed by atoms with Crippen molar-refractivity contribution in [3.8, 4) is 0 Å². The molecular weight excluding hydrogens is 228 g/mol. The molecule has 0 aliphatic rings. The number of benzene rings is 2. The number of carboxylic acids is 1. The lowest BCUT2D eigenvalue weighted by Gasteiger charge is -2.09. The molecule has 4 nitrogen and oxygen atoms in total. The smallest absolute Gasteiger partial charge is 0.335 e. The molecule has 0 atom stereocenters. The van der Waals surface area contributed by atoms with Gasteiger partial charge in [-0.15, -0.1) is 0 Å². The average molecular weight is 240 g/mol. The van der Waals surface area contributed by atoms with E-state index < -0.39 is 5.97 Å². The zero-order valence-electron chi connectivity index (χ0n) is 9.55. The van der Waals surface area contributed by atoms with Gasteiger partial charge in [-0.05, 0) is 30.3 Å². The van der Waals surface area contributed by atoms with Crippen LogP contribution in [0.25, 0.3) is 0 Å². The molecule has 0 unspecified atom stereocenters. The van der Waals surface area contributed by atoms with Crippen LogP contribution in [0.2, 0.25) is 0 Å². The normalized spacial score (nSPS) is 9.78. The van der Waals surface area contributed by atoms with Crippen molar-refractivity contribution in [2.45, 2.75) is 0 Å². The van der Waals surface area contributed by atoms with E-state index in [-0.39, 0.29) is 5.56 Å². The van der Waals surface area contributed by atoms with Crippen LogP contribution in [0.1, 0.15) is 15.9 Å². The summed E-state index contributed by atoms with van der Waals surface area (Å²) < 4.78 is 0. The van der Waals surface area contributed by atoms with Gasteiger partial charge in [-0.25, -0.2) is 4.79 Å². The Labute approximate surface area is 104 Å². The summed E-state index contributed by atoms with van der Waals surface area (Å²) in [5.74, 6) is -0.996. The summed E-state index contributed by atoms with van der Waals surface area (Å²) in [6, 6.07) is 14.2. The number of para-hydroxylation sites is 1. The predicted molar refractivity (Wildman–Crippen MR) is 71.0 cm³/mol. The van der Waals surface area contributed by atoms with Crippen LogP contribution >= 0.6 is 0 Å². The molecule has 0 saturated carbocycles. The first-order valence-electron chi connectivity index (χ1n) is 5.40. The second kappa shape index (κ2) is 5.14. The monoisotopic (exact) mass is 240 g/mol. The van der Waals surface area contributed by atoms with Crippen molar-refractivity contribution in [1.29, 1.82) is 5.41 Å². The fourth-order valence-corrected chi connectivity index (χ4v) is 1.61. The largest absolute Gasteiger partial charge is 0.478 e. The summed E-state index contributed by atoms with van der Waals surface area (Å²) >= 11 is 0. The van der Waals surface area contributed by atoms with E-state index in [9.17, 15) is 4.79 Å². The molecule has 18 heavy (non-hydrogen) atoms. The van der Waals surface area contributed by atoms with Gasteiger partial charge in [-0.2, -0.15) is 0 Å². The minimum Gasteiger partial charge on any atom is -0.478 e. The maximum Gasteiger partial charge on any atom is 0.335 e. The molecule has 2 rings (SSSR count). The third-order valence-electron chi connectivity index (χ3n) is 2.51. The molecule has 2 aromatic carbocycles. The lowest BCUT2D eigenvalue weighted by molar-refractivity contribution is 0.0697. The van der Waals surface area contributed by atoms with E-state index >= 15 is 0 Å². The quantitative estimate of drug-likeness (QED) is 0.719. The number of nitrogens with one attached hydrogen (secondary N) is 2. The molecule has 0 bridgehead atoms. The molecule has 0 aliphatic carbocycles. The lowest BCUT2D eigenvalue weighted by atomic mass is 10.1. The number of anilines is 2. The number of hydrogen-bond acceptors (Lipinski definition) is 3. The Hall–Kier alpha value is -2.62. The molecule has 0 aliphatic heterocycles. The van der Waals surface area contributed by atoms with Gasteiger partial charge in [0.25, 0.3) is 0 Å². The van der Waals surface area contributed by atoms with E-state index in [2.05, 4.69) is 5.32 Å². The molecule has 2 aromatic rings. The fourth-order valence-electron chi connectivity index (χ4n) is 1.61. The second-order valence-electron chi connectivity index (χ2n) is 3.74. The van der Waals surface area contributed by atoms with Crippen LogP contribution in [-0.4, -0.2) is 17.3 Å². The second-order valence-corrected chi connectivity index (χ2v) is 3.74. The Balaban J connectivity index is 2.34. The van der Waals surface area contributed by atoms with Crippen LogP contribution in [0.3, 0.4) is 0 Å². The van der Waals surface area contributed by atoms with Crippen molar-refractivity contribution < 1.29 is 9.90 Å². The molecule has 0 fully saturated rings. The average Bonchev–Trinajstić information content (AvgIpc) is 2.40. The molecule has 0 amide bonds. The Bertz CT molecular complexity index is 580. The van der Waals surface area contributed by atoms with E-state index in [1.54, 1.807) is 6.07 Å². The number of rotatable bonds is 4.